The lowest BCUT2D eigenvalue weighted by atomic mass is 9.84. The molecule has 7 N–H and O–H groups in total. The standard InChI is InChI=1S/C14H18N4O9/c1-4(20)15-9-5(8-10(14(25)26)17-18-16-8)2-7(13(23)24)27-12(9)11(22)6(21)3-19/h2,5-6,9,11-12,19,21-22H,3H2,1H3,(H,15,20)(H,23,24)(H,25,26)(H,16,17,18). The minimum atomic E-state index is -1.81. The van der Waals surface area contributed by atoms with E-state index in [4.69, 9.17) is 9.84 Å². The van der Waals surface area contributed by atoms with Crippen molar-refractivity contribution in [3.63, 3.8) is 0 Å². The zero-order valence-electron chi connectivity index (χ0n) is 13.9. The van der Waals surface area contributed by atoms with Gasteiger partial charge in [0, 0.05) is 6.92 Å². The normalized spacial score (nSPS) is 24.3. The molecule has 27 heavy (non-hydrogen) atoms. The molecule has 0 saturated heterocycles. The molecule has 0 fully saturated rings. The number of amides is 1. The highest BCUT2D eigenvalue weighted by atomic mass is 16.5. The minimum Gasteiger partial charge on any atom is -0.478 e. The maximum Gasteiger partial charge on any atom is 0.370 e. The fourth-order valence-corrected chi connectivity index (χ4v) is 2.75. The Kier molecular flexibility index (Phi) is 6.09. The molecule has 1 aliphatic heterocycles. The van der Waals surface area contributed by atoms with Crippen molar-refractivity contribution in [2.24, 2.45) is 0 Å². The second kappa shape index (κ2) is 8.11. The van der Waals surface area contributed by atoms with Crippen LogP contribution in [-0.2, 0) is 14.3 Å². The lowest BCUT2D eigenvalue weighted by molar-refractivity contribution is -0.146. The highest BCUT2D eigenvalue weighted by Gasteiger charge is 2.46. The number of H-pyrrole nitrogens is 1. The van der Waals surface area contributed by atoms with E-state index in [1.807, 2.05) is 0 Å². The van der Waals surface area contributed by atoms with E-state index in [1.165, 1.54) is 0 Å². The van der Waals surface area contributed by atoms with Crippen LogP contribution in [0.5, 0.6) is 0 Å². The lowest BCUT2D eigenvalue weighted by Crippen LogP contribution is -2.57. The summed E-state index contributed by atoms with van der Waals surface area (Å²) in [5, 5.41) is 59.3. The number of nitrogens with one attached hydrogen (secondary N) is 2. The largest absolute Gasteiger partial charge is 0.478 e. The van der Waals surface area contributed by atoms with Crippen molar-refractivity contribution in [3.8, 4) is 0 Å². The van der Waals surface area contributed by atoms with Crippen molar-refractivity contribution < 1.29 is 44.7 Å². The lowest BCUT2D eigenvalue weighted by Gasteiger charge is -2.39. The molecule has 1 aromatic heterocycles. The van der Waals surface area contributed by atoms with E-state index in [-0.39, 0.29) is 5.69 Å². The molecule has 2 rings (SSSR count). The average Bonchev–Trinajstić information content (AvgIpc) is 3.09. The number of carbonyl (C=O) groups is 3. The summed E-state index contributed by atoms with van der Waals surface area (Å²) in [6.07, 6.45) is -4.04. The SMILES string of the molecule is CC(=O)NC1C(c2n[nH]nc2C(=O)O)C=C(C(=O)O)OC1C(O)C(O)CO. The van der Waals surface area contributed by atoms with Gasteiger partial charge in [-0.1, -0.05) is 0 Å². The van der Waals surface area contributed by atoms with E-state index in [1.54, 1.807) is 0 Å². The topological polar surface area (TPSA) is 215 Å². The predicted octanol–water partition coefficient (Wildman–Crippen LogP) is -2.83. The fraction of sp³-hybridized carbons (Fsp3) is 0.500. The summed E-state index contributed by atoms with van der Waals surface area (Å²) in [5.74, 6) is -5.42. The van der Waals surface area contributed by atoms with E-state index in [2.05, 4.69) is 20.7 Å². The number of aromatic carboxylic acids is 1. The summed E-state index contributed by atoms with van der Waals surface area (Å²) in [6, 6.07) is -1.22. The smallest absolute Gasteiger partial charge is 0.370 e. The van der Waals surface area contributed by atoms with Gasteiger partial charge in [0.2, 0.25) is 11.7 Å². The third kappa shape index (κ3) is 4.21. The van der Waals surface area contributed by atoms with Gasteiger partial charge in [0.1, 0.15) is 24.0 Å². The van der Waals surface area contributed by atoms with Crippen LogP contribution in [0.1, 0.15) is 29.0 Å². The van der Waals surface area contributed by atoms with Crippen LogP contribution in [0.15, 0.2) is 11.8 Å². The average molecular weight is 386 g/mol. The summed E-state index contributed by atoms with van der Waals surface area (Å²) in [6.45, 7) is 0.273. The first-order chi connectivity index (χ1) is 12.7. The molecule has 148 valence electrons. The van der Waals surface area contributed by atoms with E-state index in [9.17, 15) is 34.8 Å². The van der Waals surface area contributed by atoms with Crippen molar-refractivity contribution in [2.45, 2.75) is 37.2 Å². The predicted molar refractivity (Wildman–Crippen MR) is 83.4 cm³/mol. The van der Waals surface area contributed by atoms with Crippen LogP contribution in [0.4, 0.5) is 0 Å². The fourth-order valence-electron chi connectivity index (χ4n) is 2.75. The number of carboxylic acids is 2. The number of hydrogen-bond donors (Lipinski definition) is 7. The quantitative estimate of drug-likeness (QED) is 0.253. The monoisotopic (exact) mass is 386 g/mol. The van der Waals surface area contributed by atoms with Gasteiger partial charge in [-0.2, -0.15) is 10.3 Å². The number of aromatic nitrogens is 3. The number of ether oxygens (including phenoxy) is 1. The first-order valence-corrected chi connectivity index (χ1v) is 7.67. The number of carboxylic acid groups (broad SMARTS) is 2. The molecular weight excluding hydrogens is 368 g/mol. The summed E-state index contributed by atoms with van der Waals surface area (Å²) in [5.41, 5.74) is -0.729. The Morgan fingerprint density at radius 2 is 1.93 bits per heavy atom. The molecule has 0 spiro atoms. The van der Waals surface area contributed by atoms with E-state index in [0.717, 1.165) is 13.0 Å². The van der Waals surface area contributed by atoms with Crippen molar-refractivity contribution in [2.75, 3.05) is 6.61 Å². The molecule has 5 atom stereocenters. The number of nitrogens with zero attached hydrogens (tertiary/aromatic N) is 2. The first-order valence-electron chi connectivity index (χ1n) is 7.67. The van der Waals surface area contributed by atoms with Crippen molar-refractivity contribution in [1.82, 2.24) is 20.7 Å². The van der Waals surface area contributed by atoms with Crippen LogP contribution in [0.3, 0.4) is 0 Å². The van der Waals surface area contributed by atoms with E-state index < -0.39 is 66.2 Å². The molecule has 0 aromatic carbocycles. The summed E-state index contributed by atoms with van der Waals surface area (Å²) >= 11 is 0. The molecule has 13 heteroatoms. The highest BCUT2D eigenvalue weighted by Crippen LogP contribution is 2.33. The minimum absolute atomic E-state index is 0.209. The molecule has 0 bridgehead atoms. The van der Waals surface area contributed by atoms with E-state index >= 15 is 0 Å². The van der Waals surface area contributed by atoms with Crippen LogP contribution in [0.25, 0.3) is 0 Å². The van der Waals surface area contributed by atoms with Crippen molar-refractivity contribution in [3.05, 3.63) is 23.2 Å². The molecule has 0 saturated carbocycles. The van der Waals surface area contributed by atoms with Crippen LogP contribution in [0.2, 0.25) is 0 Å². The van der Waals surface area contributed by atoms with Gasteiger partial charge >= 0.3 is 11.9 Å². The summed E-state index contributed by atoms with van der Waals surface area (Å²) in [7, 11) is 0. The van der Waals surface area contributed by atoms with Gasteiger partial charge in [-0.3, -0.25) is 4.79 Å². The van der Waals surface area contributed by atoms with Crippen LogP contribution in [0, 0.1) is 0 Å². The molecule has 2 heterocycles. The molecule has 5 unspecified atom stereocenters. The Morgan fingerprint density at radius 3 is 2.44 bits per heavy atom. The molecule has 0 radical (unpaired) electrons. The Morgan fingerprint density at radius 1 is 1.26 bits per heavy atom. The van der Waals surface area contributed by atoms with Gasteiger partial charge in [0.15, 0.2) is 5.69 Å². The second-order valence-electron chi connectivity index (χ2n) is 5.77. The van der Waals surface area contributed by atoms with Crippen molar-refractivity contribution >= 4 is 17.8 Å². The number of carbonyl (C=O) groups excluding carboxylic acids is 1. The number of aliphatic hydroxyl groups excluding tert-OH is 3. The van der Waals surface area contributed by atoms with Crippen LogP contribution < -0.4 is 5.32 Å². The van der Waals surface area contributed by atoms with Gasteiger partial charge in [-0.05, 0) is 6.08 Å². The zero-order chi connectivity index (χ0) is 20.3. The third-order valence-corrected chi connectivity index (χ3v) is 3.93. The molecule has 1 aromatic rings. The summed E-state index contributed by atoms with van der Waals surface area (Å²) in [4.78, 5) is 34.3. The van der Waals surface area contributed by atoms with Gasteiger partial charge in [0.05, 0.1) is 18.6 Å². The van der Waals surface area contributed by atoms with Gasteiger partial charge in [-0.15, -0.1) is 5.10 Å². The van der Waals surface area contributed by atoms with Crippen LogP contribution >= 0.6 is 0 Å². The Bertz CT molecular complexity index is 762. The Hall–Kier alpha value is -3.03. The third-order valence-electron chi connectivity index (χ3n) is 3.93. The molecule has 0 aliphatic carbocycles. The molecule has 13 nitrogen and oxygen atoms in total. The maximum atomic E-state index is 11.6. The Balaban J connectivity index is 2.58. The van der Waals surface area contributed by atoms with Crippen LogP contribution in [-0.4, -0.2) is 89.7 Å². The first kappa shape index (κ1) is 20.3. The summed E-state index contributed by atoms with van der Waals surface area (Å²) < 4.78 is 5.19. The number of aromatic amines is 1. The van der Waals surface area contributed by atoms with E-state index in [0.29, 0.717) is 0 Å². The Labute approximate surface area is 151 Å². The second-order valence-corrected chi connectivity index (χ2v) is 5.77. The van der Waals surface area contributed by atoms with Gasteiger partial charge in [-0.25, -0.2) is 9.59 Å². The van der Waals surface area contributed by atoms with Gasteiger partial charge < -0.3 is 35.6 Å². The number of hydrogen-bond acceptors (Lipinski definition) is 9. The number of aliphatic hydroxyl groups is 3. The molecular formula is C14H18N4O9. The number of aliphatic carboxylic acids is 1. The molecule has 1 amide bonds. The van der Waals surface area contributed by atoms with Crippen molar-refractivity contribution in [1.29, 1.82) is 0 Å². The van der Waals surface area contributed by atoms with Gasteiger partial charge in [0.25, 0.3) is 0 Å². The molecule has 1 aliphatic rings. The zero-order valence-corrected chi connectivity index (χ0v) is 13.9. The highest BCUT2D eigenvalue weighted by molar-refractivity contribution is 5.88. The maximum absolute atomic E-state index is 11.6. The number of rotatable bonds is 7.